The van der Waals surface area contributed by atoms with Gasteiger partial charge in [-0.05, 0) is 62.2 Å². The summed E-state index contributed by atoms with van der Waals surface area (Å²) in [6.45, 7) is 4.88. The molecular weight excluding hydrogens is 457 g/mol. The molecule has 0 bridgehead atoms. The SMILES string of the molecule is CC(C(=O)NCc1ccccc1CN1CCCC1)N(c1cc(Cl)cc(Cl)c1)S(C)(=O)=O. The van der Waals surface area contributed by atoms with Crippen LogP contribution >= 0.6 is 23.2 Å². The first-order chi connectivity index (χ1) is 14.6. The van der Waals surface area contributed by atoms with Crippen molar-refractivity contribution in [3.05, 3.63) is 63.6 Å². The van der Waals surface area contributed by atoms with E-state index in [1.54, 1.807) is 6.92 Å². The van der Waals surface area contributed by atoms with E-state index in [0.29, 0.717) is 16.6 Å². The lowest BCUT2D eigenvalue weighted by atomic mass is 10.1. The minimum absolute atomic E-state index is 0.247. The van der Waals surface area contributed by atoms with Crippen molar-refractivity contribution in [3.63, 3.8) is 0 Å². The van der Waals surface area contributed by atoms with E-state index in [1.807, 2.05) is 18.2 Å². The van der Waals surface area contributed by atoms with Crippen molar-refractivity contribution in [2.75, 3.05) is 23.7 Å². The normalized spacial score (nSPS) is 15.6. The van der Waals surface area contributed by atoms with E-state index in [9.17, 15) is 13.2 Å². The highest BCUT2D eigenvalue weighted by molar-refractivity contribution is 7.92. The first-order valence-electron chi connectivity index (χ1n) is 10.2. The summed E-state index contributed by atoms with van der Waals surface area (Å²) in [5.41, 5.74) is 2.43. The lowest BCUT2D eigenvalue weighted by molar-refractivity contribution is -0.122. The Morgan fingerprint density at radius 2 is 1.68 bits per heavy atom. The van der Waals surface area contributed by atoms with Gasteiger partial charge in [-0.1, -0.05) is 47.5 Å². The topological polar surface area (TPSA) is 69.7 Å². The van der Waals surface area contributed by atoms with E-state index in [0.717, 1.165) is 35.8 Å². The van der Waals surface area contributed by atoms with Gasteiger partial charge in [0.2, 0.25) is 15.9 Å². The number of rotatable bonds is 8. The van der Waals surface area contributed by atoms with Crippen molar-refractivity contribution in [2.24, 2.45) is 0 Å². The Balaban J connectivity index is 1.74. The highest BCUT2D eigenvalue weighted by Crippen LogP contribution is 2.28. The summed E-state index contributed by atoms with van der Waals surface area (Å²) in [4.78, 5) is 15.3. The molecule has 1 aliphatic rings. The first kappa shape index (κ1) is 23.9. The van der Waals surface area contributed by atoms with Crippen LogP contribution in [-0.2, 0) is 27.9 Å². The monoisotopic (exact) mass is 483 g/mol. The van der Waals surface area contributed by atoms with Gasteiger partial charge in [-0.15, -0.1) is 0 Å². The number of likely N-dealkylation sites (tertiary alicyclic amines) is 1. The first-order valence-corrected chi connectivity index (χ1v) is 12.8. The van der Waals surface area contributed by atoms with Crippen molar-refractivity contribution >= 4 is 44.8 Å². The lowest BCUT2D eigenvalue weighted by Crippen LogP contribution is -2.47. The molecule has 31 heavy (non-hydrogen) atoms. The largest absolute Gasteiger partial charge is 0.350 e. The van der Waals surface area contributed by atoms with E-state index >= 15 is 0 Å². The molecule has 0 aliphatic carbocycles. The van der Waals surface area contributed by atoms with E-state index in [-0.39, 0.29) is 5.69 Å². The predicted molar refractivity (Wildman–Crippen MR) is 126 cm³/mol. The van der Waals surface area contributed by atoms with Crippen molar-refractivity contribution in [3.8, 4) is 0 Å². The second-order valence-corrected chi connectivity index (χ2v) is 10.6. The molecular formula is C22H27Cl2N3O3S. The molecule has 3 rings (SSSR count). The number of carbonyl (C=O) groups is 1. The summed E-state index contributed by atoms with van der Waals surface area (Å²) in [7, 11) is -3.75. The quantitative estimate of drug-likeness (QED) is 0.614. The number of carbonyl (C=O) groups excluding carboxylic acids is 1. The van der Waals surface area contributed by atoms with Crippen LogP contribution in [0.15, 0.2) is 42.5 Å². The van der Waals surface area contributed by atoms with Gasteiger partial charge in [0, 0.05) is 23.1 Å². The van der Waals surface area contributed by atoms with Gasteiger partial charge >= 0.3 is 0 Å². The average Bonchev–Trinajstić information content (AvgIpc) is 3.18. The molecule has 1 unspecified atom stereocenters. The Bertz CT molecular complexity index is 1020. The van der Waals surface area contributed by atoms with Gasteiger partial charge in [0.1, 0.15) is 6.04 Å². The van der Waals surface area contributed by atoms with E-state index < -0.39 is 22.0 Å². The molecule has 0 radical (unpaired) electrons. The predicted octanol–water partition coefficient (Wildman–Crippen LogP) is 4.06. The zero-order valence-corrected chi connectivity index (χ0v) is 20.0. The maximum Gasteiger partial charge on any atom is 0.243 e. The van der Waals surface area contributed by atoms with Crippen molar-refractivity contribution in [1.29, 1.82) is 0 Å². The number of benzene rings is 2. The fourth-order valence-electron chi connectivity index (χ4n) is 3.87. The van der Waals surface area contributed by atoms with Crippen LogP contribution in [0.25, 0.3) is 0 Å². The second kappa shape index (κ2) is 10.2. The minimum Gasteiger partial charge on any atom is -0.350 e. The Labute approximate surface area is 194 Å². The maximum absolute atomic E-state index is 12.9. The summed E-state index contributed by atoms with van der Waals surface area (Å²) in [5.74, 6) is -0.405. The van der Waals surface area contributed by atoms with Crippen LogP contribution in [0.2, 0.25) is 10.0 Å². The lowest BCUT2D eigenvalue weighted by Gasteiger charge is -2.28. The molecule has 1 fully saturated rings. The zero-order chi connectivity index (χ0) is 22.6. The van der Waals surface area contributed by atoms with Crippen LogP contribution in [0.4, 0.5) is 5.69 Å². The second-order valence-electron chi connectivity index (χ2n) is 7.83. The minimum atomic E-state index is -3.75. The van der Waals surface area contributed by atoms with Gasteiger partial charge in [-0.25, -0.2) is 8.42 Å². The van der Waals surface area contributed by atoms with Crippen LogP contribution in [0.1, 0.15) is 30.9 Å². The molecule has 1 aliphatic heterocycles. The van der Waals surface area contributed by atoms with Gasteiger partial charge in [0.05, 0.1) is 11.9 Å². The number of nitrogens with zero attached hydrogens (tertiary/aromatic N) is 2. The van der Waals surface area contributed by atoms with Crippen LogP contribution in [0.5, 0.6) is 0 Å². The fourth-order valence-corrected chi connectivity index (χ4v) is 5.54. The molecule has 1 heterocycles. The van der Waals surface area contributed by atoms with Gasteiger partial charge in [-0.2, -0.15) is 0 Å². The number of sulfonamides is 1. The molecule has 0 saturated carbocycles. The van der Waals surface area contributed by atoms with Gasteiger partial charge in [0.15, 0.2) is 0 Å². The van der Waals surface area contributed by atoms with Crippen molar-refractivity contribution in [2.45, 2.75) is 38.9 Å². The Kier molecular flexibility index (Phi) is 7.86. The summed E-state index contributed by atoms with van der Waals surface area (Å²) in [6, 6.07) is 11.5. The highest BCUT2D eigenvalue weighted by atomic mass is 35.5. The Morgan fingerprint density at radius 3 is 2.26 bits per heavy atom. The molecule has 2 aromatic carbocycles. The number of halogens is 2. The third-order valence-electron chi connectivity index (χ3n) is 5.35. The van der Waals surface area contributed by atoms with E-state index in [2.05, 4.69) is 16.3 Å². The van der Waals surface area contributed by atoms with E-state index in [4.69, 9.17) is 23.2 Å². The summed E-state index contributed by atoms with van der Waals surface area (Å²) < 4.78 is 26.0. The fraction of sp³-hybridized carbons (Fsp3) is 0.409. The van der Waals surface area contributed by atoms with Crippen molar-refractivity contribution in [1.82, 2.24) is 10.2 Å². The molecule has 2 aromatic rings. The number of nitrogens with one attached hydrogen (secondary N) is 1. The molecule has 0 aromatic heterocycles. The molecule has 1 atom stereocenters. The van der Waals surface area contributed by atoms with Gasteiger partial charge in [0.25, 0.3) is 0 Å². The molecule has 0 spiro atoms. The summed E-state index contributed by atoms with van der Waals surface area (Å²) in [5, 5.41) is 3.47. The summed E-state index contributed by atoms with van der Waals surface area (Å²) in [6.07, 6.45) is 3.48. The number of amides is 1. The number of hydrogen-bond donors (Lipinski definition) is 1. The van der Waals surface area contributed by atoms with Crippen molar-refractivity contribution < 1.29 is 13.2 Å². The van der Waals surface area contributed by atoms with Gasteiger partial charge in [-0.3, -0.25) is 14.0 Å². The number of hydrogen-bond acceptors (Lipinski definition) is 4. The van der Waals surface area contributed by atoms with E-state index in [1.165, 1.54) is 36.6 Å². The van der Waals surface area contributed by atoms with Crippen LogP contribution in [-0.4, -0.2) is 44.6 Å². The molecule has 9 heteroatoms. The summed E-state index contributed by atoms with van der Waals surface area (Å²) >= 11 is 12.1. The van der Waals surface area contributed by atoms with Crippen LogP contribution in [0.3, 0.4) is 0 Å². The molecule has 1 amide bonds. The average molecular weight is 484 g/mol. The molecule has 1 saturated heterocycles. The maximum atomic E-state index is 12.9. The molecule has 6 nitrogen and oxygen atoms in total. The van der Waals surface area contributed by atoms with Gasteiger partial charge < -0.3 is 5.32 Å². The van der Waals surface area contributed by atoms with Crippen LogP contribution in [0, 0.1) is 0 Å². The molecule has 168 valence electrons. The smallest absolute Gasteiger partial charge is 0.243 e. The Morgan fingerprint density at radius 1 is 1.10 bits per heavy atom. The Hall–Kier alpha value is -1.80. The zero-order valence-electron chi connectivity index (χ0n) is 17.6. The third kappa shape index (κ3) is 6.35. The standard InChI is InChI=1S/C22H27Cl2N3O3S/c1-16(27(31(2,29)30)21-12-19(23)11-20(24)13-21)22(28)25-14-17-7-3-4-8-18(17)15-26-9-5-6-10-26/h3-4,7-8,11-13,16H,5-6,9-10,14-15H2,1-2H3,(H,25,28). The highest BCUT2D eigenvalue weighted by Gasteiger charge is 2.29. The van der Waals surface area contributed by atoms with Crippen LogP contribution < -0.4 is 9.62 Å². The molecule has 1 N–H and O–H groups in total. The third-order valence-corrected chi connectivity index (χ3v) is 7.03. The number of anilines is 1.